The zero-order valence-corrected chi connectivity index (χ0v) is 16.5. The first-order valence-corrected chi connectivity index (χ1v) is 9.93. The molecule has 0 spiro atoms. The van der Waals surface area contributed by atoms with E-state index in [0.717, 1.165) is 48.9 Å². The van der Waals surface area contributed by atoms with Crippen LogP contribution < -0.4 is 15.0 Å². The first-order valence-electron chi connectivity index (χ1n) is 9.55. The second-order valence-electron chi connectivity index (χ2n) is 6.90. The normalized spacial score (nSPS) is 14.4. The maximum Gasteiger partial charge on any atom is 0.227 e. The Morgan fingerprint density at radius 1 is 0.931 bits per heavy atom. The molecule has 0 unspecified atom stereocenters. The Balaban J connectivity index is 1.29. The number of para-hydroxylation sites is 1. The number of nitrogens with one attached hydrogen (secondary N) is 1. The van der Waals surface area contributed by atoms with Crippen molar-refractivity contribution in [3.63, 3.8) is 0 Å². The minimum atomic E-state index is -0.0215. The van der Waals surface area contributed by atoms with E-state index in [1.54, 1.807) is 6.07 Å². The van der Waals surface area contributed by atoms with Crippen LogP contribution in [-0.4, -0.2) is 29.2 Å². The van der Waals surface area contributed by atoms with Gasteiger partial charge >= 0.3 is 0 Å². The third kappa shape index (κ3) is 5.03. The summed E-state index contributed by atoms with van der Waals surface area (Å²) < 4.78 is 5.78. The third-order valence-electron chi connectivity index (χ3n) is 4.91. The van der Waals surface area contributed by atoms with Gasteiger partial charge in [0.15, 0.2) is 11.0 Å². The van der Waals surface area contributed by atoms with Crippen molar-refractivity contribution in [1.29, 1.82) is 0 Å². The molecule has 0 bridgehead atoms. The molecule has 1 N–H and O–H groups in total. The standard InChI is InChI=1S/C22H21ClN4O2/c23-20-10-11-21(26-25-20)27-14-12-16(13-15-27)22(28)24-17-6-8-19(9-7-17)29-18-4-2-1-3-5-18/h1-11,16H,12-15H2,(H,24,28). The summed E-state index contributed by atoms with van der Waals surface area (Å²) in [5, 5.41) is 11.4. The summed E-state index contributed by atoms with van der Waals surface area (Å²) in [5.74, 6) is 2.32. The van der Waals surface area contributed by atoms with E-state index in [4.69, 9.17) is 16.3 Å². The number of carbonyl (C=O) groups is 1. The molecule has 1 amide bonds. The van der Waals surface area contributed by atoms with E-state index in [0.29, 0.717) is 5.15 Å². The summed E-state index contributed by atoms with van der Waals surface area (Å²) in [6, 6.07) is 20.6. The number of anilines is 2. The van der Waals surface area contributed by atoms with Crippen LogP contribution in [0, 0.1) is 5.92 Å². The highest BCUT2D eigenvalue weighted by atomic mass is 35.5. The van der Waals surface area contributed by atoms with Gasteiger partial charge in [0.25, 0.3) is 0 Å². The number of piperidine rings is 1. The topological polar surface area (TPSA) is 67.3 Å². The van der Waals surface area contributed by atoms with Crippen LogP contribution in [0.3, 0.4) is 0 Å². The molecule has 2 aromatic carbocycles. The number of ether oxygens (including phenoxy) is 1. The van der Waals surface area contributed by atoms with Gasteiger partial charge < -0.3 is 15.0 Å². The van der Waals surface area contributed by atoms with E-state index in [-0.39, 0.29) is 11.8 Å². The van der Waals surface area contributed by atoms with Gasteiger partial charge in [-0.15, -0.1) is 10.2 Å². The van der Waals surface area contributed by atoms with E-state index in [1.165, 1.54) is 0 Å². The molecular weight excluding hydrogens is 388 g/mol. The van der Waals surface area contributed by atoms with E-state index in [2.05, 4.69) is 20.4 Å². The molecular formula is C22H21ClN4O2. The van der Waals surface area contributed by atoms with E-state index < -0.39 is 0 Å². The lowest BCUT2D eigenvalue weighted by atomic mass is 9.96. The van der Waals surface area contributed by atoms with Gasteiger partial charge in [-0.2, -0.15) is 0 Å². The first-order chi connectivity index (χ1) is 14.2. The highest BCUT2D eigenvalue weighted by Gasteiger charge is 2.25. The van der Waals surface area contributed by atoms with Crippen LogP contribution in [0.15, 0.2) is 66.7 Å². The van der Waals surface area contributed by atoms with Crippen LogP contribution in [0.5, 0.6) is 11.5 Å². The van der Waals surface area contributed by atoms with Crippen molar-refractivity contribution in [3.8, 4) is 11.5 Å². The largest absolute Gasteiger partial charge is 0.457 e. The van der Waals surface area contributed by atoms with Gasteiger partial charge in [-0.3, -0.25) is 4.79 Å². The quantitative estimate of drug-likeness (QED) is 0.658. The molecule has 7 heteroatoms. The van der Waals surface area contributed by atoms with Crippen molar-refractivity contribution in [2.45, 2.75) is 12.8 Å². The Bertz CT molecular complexity index is 941. The van der Waals surface area contributed by atoms with Crippen LogP contribution in [0.2, 0.25) is 5.15 Å². The molecule has 4 rings (SSSR count). The van der Waals surface area contributed by atoms with E-state index in [9.17, 15) is 4.79 Å². The predicted octanol–water partition coefficient (Wildman–Crippen LogP) is 4.78. The Morgan fingerprint density at radius 2 is 1.62 bits per heavy atom. The lowest BCUT2D eigenvalue weighted by molar-refractivity contribution is -0.120. The Kier molecular flexibility index (Phi) is 5.91. The highest BCUT2D eigenvalue weighted by molar-refractivity contribution is 6.29. The molecule has 6 nitrogen and oxygen atoms in total. The molecule has 0 saturated carbocycles. The van der Waals surface area contributed by atoms with E-state index >= 15 is 0 Å². The van der Waals surface area contributed by atoms with Gasteiger partial charge in [-0.25, -0.2) is 0 Å². The summed E-state index contributed by atoms with van der Waals surface area (Å²) >= 11 is 5.79. The molecule has 0 aliphatic carbocycles. The molecule has 1 aromatic heterocycles. The summed E-state index contributed by atoms with van der Waals surface area (Å²) in [6.45, 7) is 1.52. The van der Waals surface area contributed by atoms with Gasteiger partial charge in [0.1, 0.15) is 11.5 Å². The minimum absolute atomic E-state index is 0.0215. The summed E-state index contributed by atoms with van der Waals surface area (Å²) in [5.41, 5.74) is 0.765. The molecule has 148 valence electrons. The van der Waals surface area contributed by atoms with Crippen molar-refractivity contribution in [2.75, 3.05) is 23.3 Å². The van der Waals surface area contributed by atoms with Crippen molar-refractivity contribution in [2.24, 2.45) is 5.92 Å². The van der Waals surface area contributed by atoms with Gasteiger partial charge in [-0.1, -0.05) is 29.8 Å². The van der Waals surface area contributed by atoms with E-state index in [1.807, 2.05) is 60.7 Å². The minimum Gasteiger partial charge on any atom is -0.457 e. The van der Waals surface area contributed by atoms with Crippen molar-refractivity contribution >= 4 is 29.0 Å². The van der Waals surface area contributed by atoms with Crippen LogP contribution in [-0.2, 0) is 4.79 Å². The fourth-order valence-corrected chi connectivity index (χ4v) is 3.42. The molecule has 1 saturated heterocycles. The number of aromatic nitrogens is 2. The number of hydrogen-bond acceptors (Lipinski definition) is 5. The Morgan fingerprint density at radius 3 is 2.28 bits per heavy atom. The lowest BCUT2D eigenvalue weighted by Gasteiger charge is -2.31. The molecule has 0 atom stereocenters. The van der Waals surface area contributed by atoms with Crippen LogP contribution in [0.25, 0.3) is 0 Å². The van der Waals surface area contributed by atoms with Crippen molar-refractivity contribution in [3.05, 3.63) is 71.9 Å². The first kappa shape index (κ1) is 19.2. The fourth-order valence-electron chi connectivity index (χ4n) is 3.32. The molecule has 2 heterocycles. The van der Waals surface area contributed by atoms with Crippen molar-refractivity contribution in [1.82, 2.24) is 10.2 Å². The Labute approximate surface area is 174 Å². The smallest absolute Gasteiger partial charge is 0.227 e. The maximum atomic E-state index is 12.6. The number of nitrogens with zero attached hydrogens (tertiary/aromatic N) is 3. The van der Waals surface area contributed by atoms with Crippen LogP contribution in [0.1, 0.15) is 12.8 Å². The van der Waals surface area contributed by atoms with Gasteiger partial charge in [0.05, 0.1) is 0 Å². The Hall–Kier alpha value is -3.12. The number of amides is 1. The maximum absolute atomic E-state index is 12.6. The average molecular weight is 409 g/mol. The summed E-state index contributed by atoms with van der Waals surface area (Å²) in [6.07, 6.45) is 1.54. The zero-order chi connectivity index (χ0) is 20.1. The van der Waals surface area contributed by atoms with Crippen LogP contribution >= 0.6 is 11.6 Å². The molecule has 29 heavy (non-hydrogen) atoms. The molecule has 1 aliphatic heterocycles. The predicted molar refractivity (Wildman–Crippen MR) is 114 cm³/mol. The monoisotopic (exact) mass is 408 g/mol. The molecule has 1 fully saturated rings. The molecule has 0 radical (unpaired) electrons. The molecule has 1 aliphatic rings. The molecule has 3 aromatic rings. The third-order valence-corrected chi connectivity index (χ3v) is 5.11. The van der Waals surface area contributed by atoms with Gasteiger partial charge in [0.2, 0.25) is 5.91 Å². The van der Waals surface area contributed by atoms with Crippen molar-refractivity contribution < 1.29 is 9.53 Å². The number of halogens is 1. The summed E-state index contributed by atoms with van der Waals surface area (Å²) in [4.78, 5) is 14.8. The summed E-state index contributed by atoms with van der Waals surface area (Å²) in [7, 11) is 0. The van der Waals surface area contributed by atoms with Crippen LogP contribution in [0.4, 0.5) is 11.5 Å². The fraction of sp³-hybridized carbons (Fsp3) is 0.227. The average Bonchev–Trinajstić information content (AvgIpc) is 2.76. The second-order valence-corrected chi connectivity index (χ2v) is 7.29. The second kappa shape index (κ2) is 8.92. The highest BCUT2D eigenvalue weighted by Crippen LogP contribution is 2.25. The number of hydrogen-bond donors (Lipinski definition) is 1. The number of benzene rings is 2. The van der Waals surface area contributed by atoms with Gasteiger partial charge in [-0.05, 0) is 61.4 Å². The van der Waals surface area contributed by atoms with Gasteiger partial charge in [0, 0.05) is 24.7 Å². The lowest BCUT2D eigenvalue weighted by Crippen LogP contribution is -2.38. The number of carbonyl (C=O) groups excluding carboxylic acids is 1. The zero-order valence-electron chi connectivity index (χ0n) is 15.8. The SMILES string of the molecule is O=C(Nc1ccc(Oc2ccccc2)cc1)C1CCN(c2ccc(Cl)nn2)CC1. The number of rotatable bonds is 5.